The Kier molecular flexibility index (Phi) is 3.56. The van der Waals surface area contributed by atoms with Gasteiger partial charge < -0.3 is 4.74 Å². The van der Waals surface area contributed by atoms with Gasteiger partial charge in [-0.05, 0) is 23.6 Å². The number of aryl methyl sites for hydroxylation is 1. The van der Waals surface area contributed by atoms with Crippen molar-refractivity contribution in [3.05, 3.63) is 65.2 Å². The van der Waals surface area contributed by atoms with Crippen LogP contribution in [0.15, 0.2) is 48.5 Å². The van der Waals surface area contributed by atoms with Gasteiger partial charge in [-0.25, -0.2) is 0 Å². The Morgan fingerprint density at radius 1 is 1.21 bits per heavy atom. The van der Waals surface area contributed by atoms with E-state index in [4.69, 9.17) is 9.57 Å². The third-order valence-corrected chi connectivity index (χ3v) is 5.17. The zero-order chi connectivity index (χ0) is 16.7. The molecule has 3 atom stereocenters. The molecule has 0 radical (unpaired) electrons. The van der Waals surface area contributed by atoms with Crippen LogP contribution in [0.1, 0.15) is 35.8 Å². The quantitative estimate of drug-likeness (QED) is 0.844. The molecule has 0 aliphatic carbocycles. The summed E-state index contributed by atoms with van der Waals surface area (Å²) in [5.41, 5.74) is 2.56. The monoisotopic (exact) mass is 320 g/mol. The molecular weight excluding hydrogens is 300 g/mol. The summed E-state index contributed by atoms with van der Waals surface area (Å²) in [7, 11) is 1.90. The van der Waals surface area contributed by atoms with Crippen LogP contribution in [0.25, 0.3) is 0 Å². The van der Waals surface area contributed by atoms with Gasteiger partial charge in [-0.15, -0.1) is 0 Å². The fourth-order valence-electron chi connectivity index (χ4n) is 3.89. The van der Waals surface area contributed by atoms with Crippen LogP contribution in [-0.2, 0) is 11.3 Å². The topological polar surface area (TPSA) is 45.5 Å². The number of ether oxygens (including phenoxy) is 1. The molecule has 0 unspecified atom stereocenters. The van der Waals surface area contributed by atoms with Crippen LogP contribution in [0.2, 0.25) is 0 Å². The summed E-state index contributed by atoms with van der Waals surface area (Å²) >= 11 is 0. The Hall–Kier alpha value is -2.35. The summed E-state index contributed by atoms with van der Waals surface area (Å²) in [5, 5.41) is 11.9. The first-order valence-corrected chi connectivity index (χ1v) is 8.31. The van der Waals surface area contributed by atoms with Crippen LogP contribution >= 0.6 is 0 Å². The van der Waals surface area contributed by atoms with Crippen LogP contribution in [0.3, 0.4) is 0 Å². The van der Waals surface area contributed by atoms with E-state index in [-0.39, 0.29) is 12.1 Å². The standard InChI is InChI=1S/C20H20N2O2/c1-3-14-8-10-15(11-9-14)19-20(12-21)13-23-17-7-5-4-6-16(17)18(20)22(2)24-19/h4-11,18-19H,3,13H2,1-2H3/t18-,19-,20+/m0/s1. The molecule has 24 heavy (non-hydrogen) atoms. The van der Waals surface area contributed by atoms with E-state index < -0.39 is 5.41 Å². The molecule has 0 N–H and O–H groups in total. The number of benzene rings is 2. The number of nitrogens with zero attached hydrogens (tertiary/aromatic N) is 2. The van der Waals surface area contributed by atoms with E-state index in [0.717, 1.165) is 23.3 Å². The van der Waals surface area contributed by atoms with Gasteiger partial charge in [0.25, 0.3) is 0 Å². The summed E-state index contributed by atoms with van der Waals surface area (Å²) in [6.45, 7) is 2.46. The SMILES string of the molecule is CCc1ccc([C@@H]2ON(C)[C@H]3c4ccccc4OC[C@]32C#N)cc1. The summed E-state index contributed by atoms with van der Waals surface area (Å²) in [6.07, 6.45) is 0.658. The lowest BCUT2D eigenvalue weighted by Gasteiger charge is -2.37. The average Bonchev–Trinajstić information content (AvgIpc) is 2.95. The van der Waals surface area contributed by atoms with Crippen molar-refractivity contribution < 1.29 is 9.57 Å². The zero-order valence-corrected chi connectivity index (χ0v) is 13.9. The normalized spacial score (nSPS) is 28.5. The molecule has 0 spiro atoms. The Morgan fingerprint density at radius 3 is 2.67 bits per heavy atom. The summed E-state index contributed by atoms with van der Waals surface area (Å²) in [5.74, 6) is 0.839. The number of rotatable bonds is 2. The third kappa shape index (κ3) is 2.06. The van der Waals surface area contributed by atoms with Gasteiger partial charge in [-0.3, -0.25) is 4.84 Å². The van der Waals surface area contributed by atoms with E-state index in [2.05, 4.69) is 37.3 Å². The molecule has 0 aromatic heterocycles. The van der Waals surface area contributed by atoms with E-state index >= 15 is 0 Å². The minimum atomic E-state index is -0.753. The van der Waals surface area contributed by atoms with Crippen LogP contribution in [0.5, 0.6) is 5.75 Å². The average molecular weight is 320 g/mol. The molecule has 2 aliphatic rings. The largest absolute Gasteiger partial charge is 0.491 e. The van der Waals surface area contributed by atoms with Crippen molar-refractivity contribution in [1.82, 2.24) is 5.06 Å². The fraction of sp³-hybridized carbons (Fsp3) is 0.350. The second-order valence-electron chi connectivity index (χ2n) is 6.51. The van der Waals surface area contributed by atoms with Crippen molar-refractivity contribution in [3.8, 4) is 11.8 Å². The first-order valence-electron chi connectivity index (χ1n) is 8.31. The minimum absolute atomic E-state index is 0.136. The van der Waals surface area contributed by atoms with Crippen LogP contribution in [0, 0.1) is 16.7 Å². The highest BCUT2D eigenvalue weighted by atomic mass is 16.7. The Balaban J connectivity index is 1.80. The van der Waals surface area contributed by atoms with E-state index in [1.165, 1.54) is 5.56 Å². The van der Waals surface area contributed by atoms with Crippen LogP contribution in [0.4, 0.5) is 0 Å². The van der Waals surface area contributed by atoms with Crippen molar-refractivity contribution in [2.45, 2.75) is 25.5 Å². The molecule has 0 amide bonds. The molecule has 122 valence electrons. The van der Waals surface area contributed by atoms with Crippen LogP contribution in [-0.4, -0.2) is 18.7 Å². The lowest BCUT2D eigenvalue weighted by molar-refractivity contribution is -0.147. The van der Waals surface area contributed by atoms with E-state index in [1.807, 2.05) is 36.4 Å². The molecule has 4 nitrogen and oxygen atoms in total. The van der Waals surface area contributed by atoms with Gasteiger partial charge in [0.1, 0.15) is 23.9 Å². The summed E-state index contributed by atoms with van der Waals surface area (Å²) in [6, 6.07) is 18.7. The molecule has 2 aliphatic heterocycles. The third-order valence-electron chi connectivity index (χ3n) is 5.17. The maximum absolute atomic E-state index is 10.1. The number of nitriles is 1. The molecule has 1 fully saturated rings. The maximum atomic E-state index is 10.1. The van der Waals surface area contributed by atoms with E-state index in [0.29, 0.717) is 6.61 Å². The smallest absolute Gasteiger partial charge is 0.145 e. The highest BCUT2D eigenvalue weighted by molar-refractivity contribution is 5.43. The summed E-state index contributed by atoms with van der Waals surface area (Å²) in [4.78, 5) is 6.15. The number of hydroxylamine groups is 2. The fourth-order valence-corrected chi connectivity index (χ4v) is 3.89. The van der Waals surface area contributed by atoms with Gasteiger partial charge in [0.15, 0.2) is 0 Å². The Labute approximate surface area is 142 Å². The lowest BCUT2D eigenvalue weighted by Crippen LogP contribution is -2.40. The Bertz CT molecular complexity index is 796. The minimum Gasteiger partial charge on any atom is -0.491 e. The van der Waals surface area contributed by atoms with Gasteiger partial charge in [0.05, 0.1) is 12.1 Å². The van der Waals surface area contributed by atoms with Gasteiger partial charge >= 0.3 is 0 Å². The summed E-state index contributed by atoms with van der Waals surface area (Å²) < 4.78 is 5.95. The van der Waals surface area contributed by atoms with Gasteiger partial charge in [0, 0.05) is 12.6 Å². The highest BCUT2D eigenvalue weighted by Gasteiger charge is 2.60. The molecule has 2 aromatic carbocycles. The molecule has 0 saturated carbocycles. The molecule has 1 saturated heterocycles. The van der Waals surface area contributed by atoms with E-state index in [1.54, 1.807) is 0 Å². The predicted molar refractivity (Wildman–Crippen MR) is 90.1 cm³/mol. The number of hydrogen-bond donors (Lipinski definition) is 0. The first-order chi connectivity index (χ1) is 11.7. The highest BCUT2D eigenvalue weighted by Crippen LogP contribution is 2.58. The second-order valence-corrected chi connectivity index (χ2v) is 6.51. The molecule has 4 heteroatoms. The van der Waals surface area contributed by atoms with Gasteiger partial charge in [-0.1, -0.05) is 49.4 Å². The van der Waals surface area contributed by atoms with Crippen molar-refractivity contribution in [2.75, 3.05) is 13.7 Å². The molecule has 2 aromatic rings. The second kappa shape index (κ2) is 5.62. The number of fused-ring (bicyclic) bond motifs is 3. The number of para-hydroxylation sites is 1. The molecular formula is C20H20N2O2. The lowest BCUT2D eigenvalue weighted by atomic mass is 9.71. The van der Waals surface area contributed by atoms with E-state index in [9.17, 15) is 5.26 Å². The zero-order valence-electron chi connectivity index (χ0n) is 13.9. The molecule has 4 rings (SSSR count). The van der Waals surface area contributed by atoms with Crippen LogP contribution < -0.4 is 4.74 Å². The predicted octanol–water partition coefficient (Wildman–Crippen LogP) is 3.81. The van der Waals surface area contributed by atoms with Crippen molar-refractivity contribution >= 4 is 0 Å². The number of hydrogen-bond acceptors (Lipinski definition) is 4. The molecule has 0 bridgehead atoms. The molecule has 2 heterocycles. The van der Waals surface area contributed by atoms with Gasteiger partial charge in [-0.2, -0.15) is 10.3 Å². The Morgan fingerprint density at radius 2 is 1.96 bits per heavy atom. The maximum Gasteiger partial charge on any atom is 0.145 e. The van der Waals surface area contributed by atoms with Crippen molar-refractivity contribution in [1.29, 1.82) is 5.26 Å². The first kappa shape index (κ1) is 15.2. The van der Waals surface area contributed by atoms with Crippen molar-refractivity contribution in [2.24, 2.45) is 5.41 Å². The van der Waals surface area contributed by atoms with Crippen molar-refractivity contribution in [3.63, 3.8) is 0 Å². The van der Waals surface area contributed by atoms with Gasteiger partial charge in [0.2, 0.25) is 0 Å².